The van der Waals surface area contributed by atoms with Crippen molar-refractivity contribution < 1.29 is 0 Å². The molecule has 17 heavy (non-hydrogen) atoms. The van der Waals surface area contributed by atoms with Gasteiger partial charge in [0, 0.05) is 18.6 Å². The predicted molar refractivity (Wildman–Crippen MR) is 73.8 cm³/mol. The Balaban J connectivity index is 4.20. The number of nitriles is 1. The Morgan fingerprint density at radius 1 is 1.18 bits per heavy atom. The van der Waals surface area contributed by atoms with Gasteiger partial charge in [0.25, 0.3) is 0 Å². The maximum atomic E-state index is 9.09. The molecule has 0 bridgehead atoms. The SMILES string of the molecule is CN(C)CC(C#N)CNC(C)(C)CC(C)(C)C. The normalized spacial score (nSPS) is 14.8. The fourth-order valence-corrected chi connectivity index (χ4v) is 2.38. The summed E-state index contributed by atoms with van der Waals surface area (Å²) in [4.78, 5) is 2.06. The summed E-state index contributed by atoms with van der Waals surface area (Å²) in [5.74, 6) is 0.0595. The van der Waals surface area contributed by atoms with Crippen molar-refractivity contribution in [1.29, 1.82) is 5.26 Å². The quantitative estimate of drug-likeness (QED) is 0.774. The first-order valence-electron chi connectivity index (χ1n) is 6.35. The Bertz CT molecular complexity index is 256. The summed E-state index contributed by atoms with van der Waals surface area (Å²) in [6, 6.07) is 2.36. The zero-order valence-corrected chi connectivity index (χ0v) is 12.6. The number of rotatable bonds is 6. The van der Waals surface area contributed by atoms with Gasteiger partial charge in [-0.15, -0.1) is 0 Å². The third-order valence-corrected chi connectivity index (χ3v) is 2.57. The van der Waals surface area contributed by atoms with E-state index in [1.165, 1.54) is 0 Å². The van der Waals surface area contributed by atoms with Gasteiger partial charge >= 0.3 is 0 Å². The Morgan fingerprint density at radius 3 is 2.06 bits per heavy atom. The van der Waals surface area contributed by atoms with Crippen LogP contribution in [-0.4, -0.2) is 37.6 Å². The molecule has 0 amide bonds. The third-order valence-electron chi connectivity index (χ3n) is 2.57. The average molecular weight is 239 g/mol. The molecule has 0 aliphatic rings. The van der Waals surface area contributed by atoms with Crippen molar-refractivity contribution in [3.8, 4) is 6.07 Å². The maximum Gasteiger partial charge on any atom is 0.0714 e. The molecule has 0 aliphatic heterocycles. The molecule has 1 N–H and O–H groups in total. The first kappa shape index (κ1) is 16.4. The average Bonchev–Trinajstić information content (AvgIpc) is 2.07. The van der Waals surface area contributed by atoms with Crippen molar-refractivity contribution in [1.82, 2.24) is 10.2 Å². The molecule has 0 radical (unpaired) electrons. The Kier molecular flexibility index (Phi) is 6.15. The molecule has 1 unspecified atom stereocenters. The van der Waals surface area contributed by atoms with Crippen LogP contribution < -0.4 is 5.32 Å². The number of nitrogens with zero attached hydrogens (tertiary/aromatic N) is 2. The minimum absolute atomic E-state index is 0.0595. The highest BCUT2D eigenvalue weighted by molar-refractivity contribution is 4.90. The Morgan fingerprint density at radius 2 is 1.71 bits per heavy atom. The maximum absolute atomic E-state index is 9.09. The van der Waals surface area contributed by atoms with Crippen LogP contribution in [0.5, 0.6) is 0 Å². The van der Waals surface area contributed by atoms with E-state index in [9.17, 15) is 0 Å². The highest BCUT2D eigenvalue weighted by Gasteiger charge is 2.25. The minimum Gasteiger partial charge on any atom is -0.310 e. The van der Waals surface area contributed by atoms with Crippen LogP contribution in [-0.2, 0) is 0 Å². The van der Waals surface area contributed by atoms with E-state index in [2.05, 4.69) is 50.9 Å². The van der Waals surface area contributed by atoms with Crippen LogP contribution in [0.3, 0.4) is 0 Å². The van der Waals surface area contributed by atoms with Crippen molar-refractivity contribution in [3.63, 3.8) is 0 Å². The Hall–Kier alpha value is -0.590. The highest BCUT2D eigenvalue weighted by Crippen LogP contribution is 2.26. The summed E-state index contributed by atoms with van der Waals surface area (Å²) in [7, 11) is 4.01. The highest BCUT2D eigenvalue weighted by atomic mass is 15.1. The second-order valence-electron chi connectivity index (χ2n) is 7.09. The summed E-state index contributed by atoms with van der Waals surface area (Å²) in [6.07, 6.45) is 1.10. The van der Waals surface area contributed by atoms with Gasteiger partial charge in [-0.1, -0.05) is 20.8 Å². The number of hydrogen-bond donors (Lipinski definition) is 1. The molecule has 0 aromatic rings. The monoisotopic (exact) mass is 239 g/mol. The van der Waals surface area contributed by atoms with Crippen LogP contribution in [0.4, 0.5) is 0 Å². The van der Waals surface area contributed by atoms with Gasteiger partial charge in [-0.25, -0.2) is 0 Å². The zero-order valence-electron chi connectivity index (χ0n) is 12.6. The van der Waals surface area contributed by atoms with E-state index in [1.54, 1.807) is 0 Å². The van der Waals surface area contributed by atoms with Crippen molar-refractivity contribution in [3.05, 3.63) is 0 Å². The zero-order chi connectivity index (χ0) is 13.7. The van der Waals surface area contributed by atoms with Gasteiger partial charge in [0.2, 0.25) is 0 Å². The lowest BCUT2D eigenvalue weighted by Crippen LogP contribution is -2.45. The van der Waals surface area contributed by atoms with E-state index >= 15 is 0 Å². The van der Waals surface area contributed by atoms with E-state index in [-0.39, 0.29) is 11.5 Å². The fourth-order valence-electron chi connectivity index (χ4n) is 2.38. The minimum atomic E-state index is 0.0595. The van der Waals surface area contributed by atoms with Crippen LogP contribution >= 0.6 is 0 Å². The lowest BCUT2D eigenvalue weighted by atomic mass is 9.81. The molecule has 0 aliphatic carbocycles. The van der Waals surface area contributed by atoms with E-state index in [1.807, 2.05) is 14.1 Å². The molecular weight excluding hydrogens is 210 g/mol. The van der Waals surface area contributed by atoms with Crippen molar-refractivity contribution in [2.45, 2.75) is 46.6 Å². The molecule has 0 aromatic heterocycles. The molecule has 0 spiro atoms. The molecule has 0 saturated carbocycles. The fraction of sp³-hybridized carbons (Fsp3) is 0.929. The van der Waals surface area contributed by atoms with Gasteiger partial charge in [0.1, 0.15) is 0 Å². The van der Waals surface area contributed by atoms with Crippen LogP contribution in [0.1, 0.15) is 41.0 Å². The summed E-state index contributed by atoms with van der Waals surface area (Å²) in [6.45, 7) is 12.7. The standard InChI is InChI=1S/C14H29N3/c1-13(2,3)11-14(4,5)16-9-12(8-15)10-17(6)7/h12,16H,9-11H2,1-7H3. The molecule has 0 aromatic carbocycles. The van der Waals surface area contributed by atoms with Gasteiger partial charge in [-0.3, -0.25) is 0 Å². The van der Waals surface area contributed by atoms with Crippen LogP contribution in [0, 0.1) is 22.7 Å². The van der Waals surface area contributed by atoms with Crippen LogP contribution in [0.2, 0.25) is 0 Å². The predicted octanol–water partition coefficient (Wildman–Crippen LogP) is 2.49. The molecule has 1 atom stereocenters. The van der Waals surface area contributed by atoms with E-state index in [4.69, 9.17) is 5.26 Å². The van der Waals surface area contributed by atoms with Gasteiger partial charge in [-0.05, 0) is 39.8 Å². The van der Waals surface area contributed by atoms with Gasteiger partial charge in [-0.2, -0.15) is 5.26 Å². The lowest BCUT2D eigenvalue weighted by molar-refractivity contribution is 0.231. The smallest absolute Gasteiger partial charge is 0.0714 e. The topological polar surface area (TPSA) is 39.1 Å². The second-order valence-corrected chi connectivity index (χ2v) is 7.09. The van der Waals surface area contributed by atoms with Crippen molar-refractivity contribution in [2.24, 2.45) is 11.3 Å². The van der Waals surface area contributed by atoms with Gasteiger partial charge in [0.05, 0.1) is 12.0 Å². The third kappa shape index (κ3) is 9.14. The molecule has 0 heterocycles. The van der Waals surface area contributed by atoms with Gasteiger partial charge in [0.15, 0.2) is 0 Å². The number of nitrogens with one attached hydrogen (secondary N) is 1. The lowest BCUT2D eigenvalue weighted by Gasteiger charge is -2.34. The molecule has 0 saturated heterocycles. The summed E-state index contributed by atoms with van der Waals surface area (Å²) in [5.41, 5.74) is 0.389. The largest absolute Gasteiger partial charge is 0.310 e. The van der Waals surface area contributed by atoms with E-state index in [0.29, 0.717) is 5.41 Å². The molecule has 3 nitrogen and oxygen atoms in total. The first-order valence-corrected chi connectivity index (χ1v) is 6.35. The Labute approximate surface area is 107 Å². The van der Waals surface area contributed by atoms with Crippen LogP contribution in [0.15, 0.2) is 0 Å². The molecule has 0 fully saturated rings. The van der Waals surface area contributed by atoms with E-state index in [0.717, 1.165) is 19.5 Å². The van der Waals surface area contributed by atoms with E-state index < -0.39 is 0 Å². The van der Waals surface area contributed by atoms with Crippen molar-refractivity contribution >= 4 is 0 Å². The van der Waals surface area contributed by atoms with Crippen molar-refractivity contribution in [2.75, 3.05) is 27.2 Å². The summed E-state index contributed by atoms with van der Waals surface area (Å²) < 4.78 is 0. The van der Waals surface area contributed by atoms with Crippen LogP contribution in [0.25, 0.3) is 0 Å². The second kappa shape index (κ2) is 6.37. The van der Waals surface area contributed by atoms with Gasteiger partial charge < -0.3 is 10.2 Å². The first-order chi connectivity index (χ1) is 7.56. The summed E-state index contributed by atoms with van der Waals surface area (Å²) in [5, 5.41) is 12.6. The number of hydrogen-bond acceptors (Lipinski definition) is 3. The molecule has 100 valence electrons. The molecular formula is C14H29N3. The summed E-state index contributed by atoms with van der Waals surface area (Å²) >= 11 is 0. The molecule has 0 rings (SSSR count). The molecule has 3 heteroatoms.